The summed E-state index contributed by atoms with van der Waals surface area (Å²) in [6.07, 6.45) is 2.87. The molecule has 0 aliphatic carbocycles. The second kappa shape index (κ2) is 6.92. The van der Waals surface area contributed by atoms with E-state index in [-0.39, 0.29) is 6.10 Å². The maximum Gasteiger partial charge on any atom is 0.150 e. The van der Waals surface area contributed by atoms with Crippen molar-refractivity contribution in [2.24, 2.45) is 0 Å². The number of aldehydes is 1. The molecule has 0 radical (unpaired) electrons. The molecule has 5 heteroatoms. The van der Waals surface area contributed by atoms with E-state index >= 15 is 0 Å². The van der Waals surface area contributed by atoms with E-state index in [1.54, 1.807) is 12.1 Å². The lowest BCUT2D eigenvalue weighted by Gasteiger charge is -2.34. The van der Waals surface area contributed by atoms with Gasteiger partial charge in [0.15, 0.2) is 0 Å². The fourth-order valence-corrected chi connectivity index (χ4v) is 3.02. The summed E-state index contributed by atoms with van der Waals surface area (Å²) in [7, 11) is 0. The zero-order chi connectivity index (χ0) is 16.2. The molecule has 1 aliphatic rings. The fourth-order valence-electron chi connectivity index (χ4n) is 2.79. The predicted molar refractivity (Wildman–Crippen MR) is 93.6 cm³/mol. The summed E-state index contributed by atoms with van der Waals surface area (Å²) in [5.41, 5.74) is 8.17. The highest BCUT2D eigenvalue weighted by atomic mass is 35.5. The predicted octanol–water partition coefficient (Wildman–Crippen LogP) is 3.78. The highest BCUT2D eigenvalue weighted by Gasteiger charge is 2.21. The molecule has 1 saturated heterocycles. The summed E-state index contributed by atoms with van der Waals surface area (Å²) in [4.78, 5) is 13.0. The number of piperidine rings is 1. The number of hydrogen-bond acceptors (Lipinski definition) is 4. The third kappa shape index (κ3) is 3.77. The van der Waals surface area contributed by atoms with Crippen LogP contribution in [0.5, 0.6) is 5.75 Å². The summed E-state index contributed by atoms with van der Waals surface area (Å²) in [6, 6.07) is 13.0. The molecule has 2 aromatic rings. The number of rotatable bonds is 4. The van der Waals surface area contributed by atoms with Gasteiger partial charge in [-0.2, -0.15) is 0 Å². The molecule has 2 aromatic carbocycles. The molecule has 0 saturated carbocycles. The third-order valence-corrected chi connectivity index (χ3v) is 4.38. The first-order valence-electron chi connectivity index (χ1n) is 7.67. The Hall–Kier alpha value is -2.20. The number of nitrogens with zero attached hydrogens (tertiary/aromatic N) is 1. The highest BCUT2D eigenvalue weighted by molar-refractivity contribution is 6.32. The first kappa shape index (κ1) is 15.7. The fraction of sp³-hybridized carbons (Fsp3) is 0.278. The summed E-state index contributed by atoms with van der Waals surface area (Å²) in [5, 5.41) is 0.553. The third-order valence-electron chi connectivity index (χ3n) is 4.09. The van der Waals surface area contributed by atoms with Gasteiger partial charge in [0.2, 0.25) is 0 Å². The molecule has 2 N–H and O–H groups in total. The van der Waals surface area contributed by atoms with E-state index in [9.17, 15) is 4.79 Å². The highest BCUT2D eigenvalue weighted by Crippen LogP contribution is 2.30. The molecule has 1 heterocycles. The van der Waals surface area contributed by atoms with Crippen molar-refractivity contribution in [3.05, 3.63) is 53.1 Å². The molecule has 1 aliphatic heterocycles. The minimum atomic E-state index is 0.154. The Morgan fingerprint density at radius 2 is 1.83 bits per heavy atom. The smallest absolute Gasteiger partial charge is 0.150 e. The van der Waals surface area contributed by atoms with Gasteiger partial charge in [-0.05, 0) is 42.5 Å². The number of nitrogen functional groups attached to an aromatic ring is 1. The quantitative estimate of drug-likeness (QED) is 0.684. The van der Waals surface area contributed by atoms with E-state index in [2.05, 4.69) is 4.90 Å². The first-order valence-corrected chi connectivity index (χ1v) is 8.05. The van der Waals surface area contributed by atoms with Crippen molar-refractivity contribution in [1.29, 1.82) is 0 Å². The Morgan fingerprint density at radius 1 is 1.13 bits per heavy atom. The SMILES string of the molecule is Nc1ccc(OC2CCN(c3ccc(C=O)cc3)CC2)c(Cl)c1. The number of hydrogen-bond donors (Lipinski definition) is 1. The molecule has 23 heavy (non-hydrogen) atoms. The van der Waals surface area contributed by atoms with Gasteiger partial charge >= 0.3 is 0 Å². The molecule has 120 valence electrons. The summed E-state index contributed by atoms with van der Waals surface area (Å²) in [6.45, 7) is 1.83. The minimum Gasteiger partial charge on any atom is -0.489 e. The van der Waals surface area contributed by atoms with Crippen LogP contribution < -0.4 is 15.4 Å². The van der Waals surface area contributed by atoms with E-state index in [1.807, 2.05) is 30.3 Å². The Balaban J connectivity index is 1.58. The number of ether oxygens (including phenoxy) is 1. The lowest BCUT2D eigenvalue weighted by Crippen LogP contribution is -2.38. The Kier molecular flexibility index (Phi) is 4.72. The molecule has 0 aromatic heterocycles. The van der Waals surface area contributed by atoms with Gasteiger partial charge < -0.3 is 15.4 Å². The van der Waals surface area contributed by atoms with E-state index in [1.165, 1.54) is 0 Å². The zero-order valence-corrected chi connectivity index (χ0v) is 13.5. The number of carbonyl (C=O) groups excluding carboxylic acids is 1. The van der Waals surface area contributed by atoms with Gasteiger partial charge in [0.25, 0.3) is 0 Å². The second-order valence-corrected chi connectivity index (χ2v) is 6.11. The van der Waals surface area contributed by atoms with E-state index in [4.69, 9.17) is 22.1 Å². The van der Waals surface area contributed by atoms with Crippen LogP contribution in [0.15, 0.2) is 42.5 Å². The van der Waals surface area contributed by atoms with Crippen LogP contribution in [0.4, 0.5) is 11.4 Å². The van der Waals surface area contributed by atoms with Crippen molar-refractivity contribution in [2.75, 3.05) is 23.7 Å². The summed E-state index contributed by atoms with van der Waals surface area (Å²) < 4.78 is 6.00. The normalized spacial score (nSPS) is 15.4. The van der Waals surface area contributed by atoms with E-state index in [0.717, 1.165) is 37.9 Å². The van der Waals surface area contributed by atoms with Crippen molar-refractivity contribution in [3.8, 4) is 5.75 Å². The topological polar surface area (TPSA) is 55.6 Å². The summed E-state index contributed by atoms with van der Waals surface area (Å²) >= 11 is 6.16. The molecule has 0 unspecified atom stereocenters. The molecule has 0 bridgehead atoms. The van der Waals surface area contributed by atoms with Gasteiger partial charge in [-0.1, -0.05) is 11.6 Å². The van der Waals surface area contributed by atoms with Gasteiger partial charge in [0.05, 0.1) is 5.02 Å². The molecule has 4 nitrogen and oxygen atoms in total. The monoisotopic (exact) mass is 330 g/mol. The van der Waals surface area contributed by atoms with Crippen LogP contribution in [0.25, 0.3) is 0 Å². The van der Waals surface area contributed by atoms with Gasteiger partial charge in [-0.25, -0.2) is 0 Å². The molecule has 0 amide bonds. The van der Waals surface area contributed by atoms with Crippen LogP contribution in [-0.4, -0.2) is 25.5 Å². The second-order valence-electron chi connectivity index (χ2n) is 5.70. The zero-order valence-electron chi connectivity index (χ0n) is 12.7. The molecule has 3 rings (SSSR count). The van der Waals surface area contributed by atoms with Crippen LogP contribution in [-0.2, 0) is 0 Å². The van der Waals surface area contributed by atoms with Gasteiger partial charge in [0, 0.05) is 42.9 Å². The van der Waals surface area contributed by atoms with E-state index < -0.39 is 0 Å². The minimum absolute atomic E-state index is 0.154. The molecular weight excluding hydrogens is 312 g/mol. The van der Waals surface area contributed by atoms with Crippen molar-refractivity contribution < 1.29 is 9.53 Å². The Morgan fingerprint density at radius 3 is 2.43 bits per heavy atom. The maximum atomic E-state index is 10.7. The molecular formula is C18H19ClN2O2. The first-order chi connectivity index (χ1) is 11.2. The largest absolute Gasteiger partial charge is 0.489 e. The van der Waals surface area contributed by atoms with Crippen LogP contribution in [0.3, 0.4) is 0 Å². The summed E-state index contributed by atoms with van der Waals surface area (Å²) in [5.74, 6) is 0.689. The molecule has 1 fully saturated rings. The van der Waals surface area contributed by atoms with Crippen LogP contribution in [0.1, 0.15) is 23.2 Å². The molecule has 0 atom stereocenters. The standard InChI is InChI=1S/C18H19ClN2O2/c19-17-11-14(20)3-6-18(17)23-16-7-9-21(10-8-16)15-4-1-13(12-22)2-5-15/h1-6,11-12,16H,7-10,20H2. The van der Waals surface area contributed by atoms with Crippen molar-refractivity contribution in [3.63, 3.8) is 0 Å². The van der Waals surface area contributed by atoms with E-state index in [0.29, 0.717) is 22.0 Å². The van der Waals surface area contributed by atoms with Crippen LogP contribution in [0, 0.1) is 0 Å². The maximum absolute atomic E-state index is 10.7. The average Bonchev–Trinajstić information content (AvgIpc) is 2.58. The Labute approximate surface area is 140 Å². The number of carbonyl (C=O) groups is 1. The van der Waals surface area contributed by atoms with Crippen LogP contribution >= 0.6 is 11.6 Å². The number of nitrogens with two attached hydrogens (primary N) is 1. The van der Waals surface area contributed by atoms with Gasteiger partial charge in [0.1, 0.15) is 18.1 Å². The van der Waals surface area contributed by atoms with Crippen molar-refractivity contribution in [2.45, 2.75) is 18.9 Å². The average molecular weight is 331 g/mol. The molecule has 0 spiro atoms. The number of halogens is 1. The number of anilines is 2. The van der Waals surface area contributed by atoms with Crippen LogP contribution in [0.2, 0.25) is 5.02 Å². The Bertz CT molecular complexity index is 680. The number of benzene rings is 2. The lowest BCUT2D eigenvalue weighted by molar-refractivity contribution is 0.112. The van der Waals surface area contributed by atoms with Crippen molar-refractivity contribution >= 4 is 29.3 Å². The lowest BCUT2D eigenvalue weighted by atomic mass is 10.1. The van der Waals surface area contributed by atoms with Crippen molar-refractivity contribution in [1.82, 2.24) is 0 Å². The van der Waals surface area contributed by atoms with Gasteiger partial charge in [-0.3, -0.25) is 4.79 Å². The van der Waals surface area contributed by atoms with Gasteiger partial charge in [-0.15, -0.1) is 0 Å².